The summed E-state index contributed by atoms with van der Waals surface area (Å²) in [5.41, 5.74) is 2.29. The second kappa shape index (κ2) is 3.59. The molecule has 2 nitrogen and oxygen atoms in total. The van der Waals surface area contributed by atoms with E-state index in [2.05, 4.69) is 19.1 Å². The second-order valence-corrected chi connectivity index (χ2v) is 5.51. The van der Waals surface area contributed by atoms with Crippen LogP contribution in [0.3, 0.4) is 0 Å². The third-order valence-corrected chi connectivity index (χ3v) is 4.52. The van der Waals surface area contributed by atoms with Gasteiger partial charge in [-0.25, -0.2) is 0 Å². The molecule has 1 aromatic rings. The zero-order valence-electron chi connectivity index (χ0n) is 10.5. The standard InChI is InChI=1S/C15H18O2/c1-15-7-3-4-11(14(15)16)8-10-5-6-12(17-2)9-13(10)15/h5-6,9,11H,3-4,7-8H2,1-2H3. The highest BCUT2D eigenvalue weighted by molar-refractivity contribution is 5.94. The molecule has 0 amide bonds. The Labute approximate surface area is 102 Å². The van der Waals surface area contributed by atoms with Crippen molar-refractivity contribution in [3.8, 4) is 5.75 Å². The van der Waals surface area contributed by atoms with Gasteiger partial charge >= 0.3 is 0 Å². The molecule has 0 saturated heterocycles. The number of ketones is 1. The highest BCUT2D eigenvalue weighted by atomic mass is 16.5. The van der Waals surface area contributed by atoms with Gasteiger partial charge in [0.05, 0.1) is 12.5 Å². The Morgan fingerprint density at radius 3 is 3.00 bits per heavy atom. The Balaban J connectivity index is 2.17. The fraction of sp³-hybridized carbons (Fsp3) is 0.533. The quantitative estimate of drug-likeness (QED) is 0.741. The number of hydrogen-bond acceptors (Lipinski definition) is 2. The molecule has 2 unspecified atom stereocenters. The van der Waals surface area contributed by atoms with E-state index < -0.39 is 0 Å². The number of methoxy groups -OCH3 is 1. The highest BCUT2D eigenvalue weighted by Crippen LogP contribution is 2.46. The van der Waals surface area contributed by atoms with Crippen molar-refractivity contribution in [1.29, 1.82) is 0 Å². The van der Waals surface area contributed by atoms with Crippen molar-refractivity contribution < 1.29 is 9.53 Å². The Morgan fingerprint density at radius 1 is 1.41 bits per heavy atom. The number of ether oxygens (including phenoxy) is 1. The lowest BCUT2D eigenvalue weighted by molar-refractivity contribution is -0.131. The van der Waals surface area contributed by atoms with Crippen molar-refractivity contribution in [2.24, 2.45) is 5.92 Å². The van der Waals surface area contributed by atoms with Gasteiger partial charge in [-0.3, -0.25) is 4.79 Å². The van der Waals surface area contributed by atoms with Gasteiger partial charge in [0, 0.05) is 5.92 Å². The Kier molecular flexibility index (Phi) is 2.29. The van der Waals surface area contributed by atoms with Crippen molar-refractivity contribution in [3.05, 3.63) is 29.3 Å². The first-order valence-electron chi connectivity index (χ1n) is 6.37. The normalized spacial score (nSPS) is 30.9. The monoisotopic (exact) mass is 230 g/mol. The summed E-state index contributed by atoms with van der Waals surface area (Å²) in [5.74, 6) is 1.57. The predicted molar refractivity (Wildman–Crippen MR) is 66.4 cm³/mol. The van der Waals surface area contributed by atoms with E-state index in [1.54, 1.807) is 7.11 Å². The zero-order chi connectivity index (χ0) is 12.0. The van der Waals surface area contributed by atoms with Gasteiger partial charge in [-0.1, -0.05) is 12.5 Å². The lowest BCUT2D eigenvalue weighted by Crippen LogP contribution is -2.46. The van der Waals surface area contributed by atoms with Crippen LogP contribution in [0, 0.1) is 5.92 Å². The number of benzene rings is 1. The number of hydrogen-bond donors (Lipinski definition) is 0. The molecule has 2 atom stereocenters. The van der Waals surface area contributed by atoms with E-state index in [-0.39, 0.29) is 11.3 Å². The Bertz CT molecular complexity index is 478. The summed E-state index contributed by atoms with van der Waals surface area (Å²) in [7, 11) is 1.68. The van der Waals surface area contributed by atoms with Gasteiger partial charge in [0.1, 0.15) is 11.5 Å². The number of fused-ring (bicyclic) bond motifs is 4. The number of Topliss-reactive ketones (excluding diaryl/α,β-unsaturated/α-hetero) is 1. The summed E-state index contributed by atoms with van der Waals surface area (Å²) in [6.07, 6.45) is 4.15. The molecule has 0 N–H and O–H groups in total. The van der Waals surface area contributed by atoms with Gasteiger partial charge in [-0.15, -0.1) is 0 Å². The van der Waals surface area contributed by atoms with Crippen LogP contribution in [-0.4, -0.2) is 12.9 Å². The highest BCUT2D eigenvalue weighted by Gasteiger charge is 2.46. The summed E-state index contributed by atoms with van der Waals surface area (Å²) < 4.78 is 5.29. The average Bonchev–Trinajstić information content (AvgIpc) is 2.33. The van der Waals surface area contributed by atoms with Gasteiger partial charge in [0.15, 0.2) is 0 Å². The van der Waals surface area contributed by atoms with Gasteiger partial charge in [-0.05, 0) is 49.4 Å². The van der Waals surface area contributed by atoms with E-state index in [0.29, 0.717) is 5.78 Å². The van der Waals surface area contributed by atoms with Crippen LogP contribution in [0.15, 0.2) is 18.2 Å². The van der Waals surface area contributed by atoms with Crippen molar-refractivity contribution in [1.82, 2.24) is 0 Å². The van der Waals surface area contributed by atoms with Gasteiger partial charge < -0.3 is 4.74 Å². The lowest BCUT2D eigenvalue weighted by Gasteiger charge is -2.42. The van der Waals surface area contributed by atoms with E-state index in [9.17, 15) is 4.79 Å². The zero-order valence-corrected chi connectivity index (χ0v) is 10.5. The average molecular weight is 230 g/mol. The molecule has 17 heavy (non-hydrogen) atoms. The van der Waals surface area contributed by atoms with Crippen LogP contribution in [0.25, 0.3) is 0 Å². The minimum absolute atomic E-state index is 0.259. The molecular formula is C15H18O2. The topological polar surface area (TPSA) is 26.3 Å². The third kappa shape index (κ3) is 1.43. The van der Waals surface area contributed by atoms with Crippen LogP contribution in [0.4, 0.5) is 0 Å². The molecule has 0 radical (unpaired) electrons. The molecule has 1 saturated carbocycles. The lowest BCUT2D eigenvalue weighted by atomic mass is 9.59. The van der Waals surface area contributed by atoms with Crippen LogP contribution in [-0.2, 0) is 16.6 Å². The summed E-state index contributed by atoms with van der Waals surface area (Å²) >= 11 is 0. The van der Waals surface area contributed by atoms with Gasteiger partial charge in [-0.2, -0.15) is 0 Å². The minimum atomic E-state index is -0.259. The molecule has 90 valence electrons. The van der Waals surface area contributed by atoms with Gasteiger partial charge in [0.2, 0.25) is 0 Å². The maximum atomic E-state index is 12.5. The van der Waals surface area contributed by atoms with E-state index >= 15 is 0 Å². The van der Waals surface area contributed by atoms with Crippen LogP contribution >= 0.6 is 0 Å². The fourth-order valence-corrected chi connectivity index (χ4v) is 3.51. The molecule has 0 aliphatic heterocycles. The van der Waals surface area contributed by atoms with E-state index in [4.69, 9.17) is 4.74 Å². The van der Waals surface area contributed by atoms with Crippen LogP contribution < -0.4 is 4.74 Å². The molecular weight excluding hydrogens is 212 g/mol. The van der Waals surface area contributed by atoms with Gasteiger partial charge in [0.25, 0.3) is 0 Å². The van der Waals surface area contributed by atoms with Crippen molar-refractivity contribution >= 4 is 5.78 Å². The third-order valence-electron chi connectivity index (χ3n) is 4.52. The summed E-state index contributed by atoms with van der Waals surface area (Å²) in [6, 6.07) is 6.21. The predicted octanol–water partition coefficient (Wildman–Crippen LogP) is 2.88. The van der Waals surface area contributed by atoms with Crippen molar-refractivity contribution in [2.75, 3.05) is 7.11 Å². The van der Waals surface area contributed by atoms with E-state index in [1.165, 1.54) is 17.5 Å². The first-order valence-corrected chi connectivity index (χ1v) is 6.37. The summed E-state index contributed by atoms with van der Waals surface area (Å²) in [6.45, 7) is 2.11. The second-order valence-electron chi connectivity index (χ2n) is 5.51. The van der Waals surface area contributed by atoms with E-state index in [1.807, 2.05) is 6.07 Å². The Morgan fingerprint density at radius 2 is 2.24 bits per heavy atom. The van der Waals surface area contributed by atoms with Crippen molar-refractivity contribution in [2.45, 2.75) is 38.0 Å². The first-order chi connectivity index (χ1) is 8.15. The van der Waals surface area contributed by atoms with Crippen LogP contribution in [0.1, 0.15) is 37.3 Å². The molecule has 1 fully saturated rings. The molecule has 2 bridgehead atoms. The molecule has 0 heterocycles. The Hall–Kier alpha value is -1.31. The summed E-state index contributed by atoms with van der Waals surface area (Å²) in [5, 5.41) is 0. The largest absolute Gasteiger partial charge is 0.497 e. The maximum Gasteiger partial charge on any atom is 0.146 e. The maximum absolute atomic E-state index is 12.5. The minimum Gasteiger partial charge on any atom is -0.497 e. The fourth-order valence-electron chi connectivity index (χ4n) is 3.51. The molecule has 2 aliphatic rings. The first kappa shape index (κ1) is 10.8. The number of carbonyl (C=O) groups is 1. The molecule has 1 aromatic carbocycles. The summed E-state index contributed by atoms with van der Waals surface area (Å²) in [4.78, 5) is 12.5. The molecule has 2 aliphatic carbocycles. The molecule has 3 rings (SSSR count). The van der Waals surface area contributed by atoms with Crippen LogP contribution in [0.5, 0.6) is 5.75 Å². The smallest absolute Gasteiger partial charge is 0.146 e. The van der Waals surface area contributed by atoms with E-state index in [0.717, 1.165) is 25.0 Å². The molecule has 2 heteroatoms. The van der Waals surface area contributed by atoms with Crippen LogP contribution in [0.2, 0.25) is 0 Å². The number of rotatable bonds is 1. The SMILES string of the molecule is COc1ccc2c(c1)C1(C)CCCC(C2)C1=O. The number of carbonyl (C=O) groups excluding carboxylic acids is 1. The molecule has 0 aromatic heterocycles. The molecule has 0 spiro atoms. The van der Waals surface area contributed by atoms with Crippen molar-refractivity contribution in [3.63, 3.8) is 0 Å².